The molecular weight excluding hydrogens is 271 g/mol. The van der Waals surface area contributed by atoms with E-state index in [2.05, 4.69) is 11.9 Å². The van der Waals surface area contributed by atoms with Gasteiger partial charge in [-0.25, -0.2) is 4.39 Å². The molecule has 0 radical (unpaired) electrons. The molecule has 0 bridgehead atoms. The summed E-state index contributed by atoms with van der Waals surface area (Å²) in [5.41, 5.74) is -0.0875. The maximum Gasteiger partial charge on any atom is 0.270 e. The molecule has 0 aliphatic rings. The van der Waals surface area contributed by atoms with Crippen molar-refractivity contribution in [2.45, 2.75) is 6.92 Å². The highest BCUT2D eigenvalue weighted by molar-refractivity contribution is 6.31. The summed E-state index contributed by atoms with van der Waals surface area (Å²) >= 11 is 5.56. The van der Waals surface area contributed by atoms with Crippen LogP contribution in [0.15, 0.2) is 41.7 Å². The molecule has 1 aromatic rings. The van der Waals surface area contributed by atoms with Gasteiger partial charge < -0.3 is 10.4 Å². The largest absolute Gasteiger partial charge is 0.506 e. The molecule has 6 heteroatoms. The van der Waals surface area contributed by atoms with Crippen LogP contribution in [0.2, 0.25) is 5.02 Å². The molecule has 98 valence electrons. The third-order valence-electron chi connectivity index (χ3n) is 2.16. The highest BCUT2D eigenvalue weighted by Gasteiger charge is 2.16. The minimum absolute atomic E-state index is 0.163. The Labute approximate surface area is 114 Å². The molecule has 0 aliphatic carbocycles. The van der Waals surface area contributed by atoms with Crippen LogP contribution in [0.1, 0.15) is 6.92 Å². The zero-order valence-corrected chi connectivity index (χ0v) is 10.8. The molecule has 1 rings (SSSR count). The molecule has 0 spiro atoms. The van der Waals surface area contributed by atoms with Gasteiger partial charge in [-0.1, -0.05) is 18.2 Å². The van der Waals surface area contributed by atoms with Crippen LogP contribution in [0.3, 0.4) is 0 Å². The van der Waals surface area contributed by atoms with Crippen LogP contribution in [0.5, 0.6) is 0 Å². The van der Waals surface area contributed by atoms with Crippen LogP contribution in [0.4, 0.5) is 10.1 Å². The molecule has 1 aromatic carbocycles. The van der Waals surface area contributed by atoms with Gasteiger partial charge >= 0.3 is 0 Å². The molecule has 0 heterocycles. The van der Waals surface area contributed by atoms with Crippen LogP contribution in [-0.4, -0.2) is 11.0 Å². The first-order valence-corrected chi connectivity index (χ1v) is 5.50. The van der Waals surface area contributed by atoms with Gasteiger partial charge in [-0.15, -0.1) is 0 Å². The lowest BCUT2D eigenvalue weighted by atomic mass is 10.1. The number of nitrogens with zero attached hydrogens (tertiary/aromatic N) is 1. The second-order valence-electron chi connectivity index (χ2n) is 3.70. The Morgan fingerprint density at radius 1 is 1.58 bits per heavy atom. The summed E-state index contributed by atoms with van der Waals surface area (Å²) in [5, 5.41) is 20.5. The zero-order chi connectivity index (χ0) is 14.6. The minimum Gasteiger partial charge on any atom is -0.506 e. The van der Waals surface area contributed by atoms with Crippen LogP contribution < -0.4 is 5.32 Å². The van der Waals surface area contributed by atoms with Crippen molar-refractivity contribution in [2.24, 2.45) is 0 Å². The summed E-state index contributed by atoms with van der Waals surface area (Å²) in [6.45, 7) is 4.88. The minimum atomic E-state index is -0.828. The Morgan fingerprint density at radius 2 is 2.21 bits per heavy atom. The molecular formula is C13H10ClFN2O2. The first kappa shape index (κ1) is 14.7. The zero-order valence-electron chi connectivity index (χ0n) is 10.00. The van der Waals surface area contributed by atoms with Crippen molar-refractivity contribution in [1.29, 1.82) is 5.26 Å². The van der Waals surface area contributed by atoms with E-state index in [4.69, 9.17) is 16.9 Å². The van der Waals surface area contributed by atoms with Crippen molar-refractivity contribution in [3.8, 4) is 6.07 Å². The Bertz CT molecular complexity index is 618. The number of carbonyl (C=O) groups is 1. The number of rotatable bonds is 3. The van der Waals surface area contributed by atoms with Crippen LogP contribution >= 0.6 is 11.6 Å². The average Bonchev–Trinajstić information content (AvgIpc) is 2.34. The van der Waals surface area contributed by atoms with Gasteiger partial charge in [-0.2, -0.15) is 5.26 Å². The third-order valence-corrected chi connectivity index (χ3v) is 2.45. The van der Waals surface area contributed by atoms with Crippen LogP contribution in [0.25, 0.3) is 0 Å². The van der Waals surface area contributed by atoms with E-state index in [-0.39, 0.29) is 16.3 Å². The molecule has 0 aromatic heterocycles. The molecule has 0 unspecified atom stereocenters. The highest BCUT2D eigenvalue weighted by atomic mass is 35.5. The number of hydrogen-bond donors (Lipinski definition) is 2. The number of anilines is 1. The van der Waals surface area contributed by atoms with E-state index in [0.29, 0.717) is 0 Å². The number of halogens is 2. The number of hydrogen-bond acceptors (Lipinski definition) is 3. The fourth-order valence-electron chi connectivity index (χ4n) is 1.19. The van der Waals surface area contributed by atoms with E-state index in [9.17, 15) is 14.3 Å². The van der Waals surface area contributed by atoms with Gasteiger partial charge in [0.15, 0.2) is 5.57 Å². The lowest BCUT2D eigenvalue weighted by Crippen LogP contribution is -2.15. The van der Waals surface area contributed by atoms with Gasteiger partial charge in [-0.3, -0.25) is 4.79 Å². The molecule has 0 fully saturated rings. The summed E-state index contributed by atoms with van der Waals surface area (Å²) in [6.07, 6.45) is 0. The summed E-state index contributed by atoms with van der Waals surface area (Å²) in [6, 6.07) is 5.13. The Balaban J connectivity index is 3.02. The summed E-state index contributed by atoms with van der Waals surface area (Å²) in [5.74, 6) is -1.95. The first-order chi connectivity index (χ1) is 8.86. The van der Waals surface area contributed by atoms with E-state index >= 15 is 0 Å². The van der Waals surface area contributed by atoms with Crippen molar-refractivity contribution in [3.05, 3.63) is 52.5 Å². The molecule has 0 atom stereocenters. The molecule has 1 amide bonds. The van der Waals surface area contributed by atoms with Crippen molar-refractivity contribution >= 4 is 23.2 Å². The summed E-state index contributed by atoms with van der Waals surface area (Å²) in [4.78, 5) is 11.8. The quantitative estimate of drug-likeness (QED) is 0.386. The smallest absolute Gasteiger partial charge is 0.270 e. The number of nitrogens with one attached hydrogen (secondary N) is 1. The Kier molecular flexibility index (Phi) is 4.67. The van der Waals surface area contributed by atoms with E-state index < -0.39 is 23.1 Å². The van der Waals surface area contributed by atoms with Gasteiger partial charge in [0.25, 0.3) is 5.91 Å². The first-order valence-electron chi connectivity index (χ1n) is 5.12. The van der Waals surface area contributed by atoms with E-state index in [0.717, 1.165) is 6.07 Å². The lowest BCUT2D eigenvalue weighted by molar-refractivity contribution is -0.112. The third kappa shape index (κ3) is 3.57. The van der Waals surface area contributed by atoms with E-state index in [1.54, 1.807) is 6.07 Å². The number of carbonyl (C=O) groups excluding carboxylic acids is 1. The van der Waals surface area contributed by atoms with Gasteiger partial charge in [0.2, 0.25) is 0 Å². The number of amides is 1. The topological polar surface area (TPSA) is 73.1 Å². The molecule has 0 saturated heterocycles. The van der Waals surface area contributed by atoms with Crippen LogP contribution in [0, 0.1) is 17.1 Å². The predicted molar refractivity (Wildman–Crippen MR) is 70.1 cm³/mol. The molecule has 0 aliphatic heterocycles. The highest BCUT2D eigenvalue weighted by Crippen LogP contribution is 2.20. The normalized spacial score (nSPS) is 11.3. The SMILES string of the molecule is C=C(C)C(O)=C(C#N)C(=O)Nc1ccc(F)c(Cl)c1. The summed E-state index contributed by atoms with van der Waals surface area (Å²) in [7, 11) is 0. The van der Waals surface area contributed by atoms with Gasteiger partial charge in [0.05, 0.1) is 5.02 Å². The van der Waals surface area contributed by atoms with Gasteiger partial charge in [0.1, 0.15) is 17.6 Å². The second-order valence-corrected chi connectivity index (χ2v) is 4.11. The molecule has 0 saturated carbocycles. The molecule has 2 N–H and O–H groups in total. The van der Waals surface area contributed by atoms with Gasteiger partial charge in [-0.05, 0) is 30.7 Å². The Hall–Kier alpha value is -2.32. The predicted octanol–water partition coefficient (Wildman–Crippen LogP) is 3.33. The standard InChI is InChI=1S/C13H10ClFN2O2/c1-7(2)12(18)9(6-16)13(19)17-8-3-4-11(15)10(14)5-8/h3-5,18H,1H2,2H3,(H,17,19). The number of benzene rings is 1. The molecule has 19 heavy (non-hydrogen) atoms. The van der Waals surface area contributed by atoms with E-state index in [1.807, 2.05) is 0 Å². The Morgan fingerprint density at radius 3 is 2.68 bits per heavy atom. The fraction of sp³-hybridized carbons (Fsp3) is 0.0769. The summed E-state index contributed by atoms with van der Waals surface area (Å²) < 4.78 is 12.9. The molecule has 4 nitrogen and oxygen atoms in total. The maximum atomic E-state index is 12.9. The number of aliphatic hydroxyl groups excluding tert-OH is 1. The second kappa shape index (κ2) is 6.03. The monoisotopic (exact) mass is 280 g/mol. The number of allylic oxidation sites excluding steroid dienone is 1. The van der Waals surface area contributed by atoms with Crippen molar-refractivity contribution in [1.82, 2.24) is 0 Å². The van der Waals surface area contributed by atoms with E-state index in [1.165, 1.54) is 19.1 Å². The number of aliphatic hydroxyl groups is 1. The fourth-order valence-corrected chi connectivity index (χ4v) is 1.37. The maximum absolute atomic E-state index is 12.9. The van der Waals surface area contributed by atoms with Crippen molar-refractivity contribution in [2.75, 3.05) is 5.32 Å². The van der Waals surface area contributed by atoms with Crippen molar-refractivity contribution in [3.63, 3.8) is 0 Å². The average molecular weight is 281 g/mol. The van der Waals surface area contributed by atoms with Crippen LogP contribution in [-0.2, 0) is 4.79 Å². The van der Waals surface area contributed by atoms with Gasteiger partial charge in [0, 0.05) is 5.69 Å². The number of nitriles is 1. The lowest BCUT2D eigenvalue weighted by Gasteiger charge is -2.06. The van der Waals surface area contributed by atoms with Crippen molar-refractivity contribution < 1.29 is 14.3 Å².